The molecule has 1 aromatic heterocycles. The lowest BCUT2D eigenvalue weighted by Crippen LogP contribution is -2.15. The number of nitrogens with one attached hydrogen (secondary N) is 1. The molecule has 2 atom stereocenters. The number of nitrogens with zero attached hydrogens (tertiary/aromatic N) is 2. The fourth-order valence-electron chi connectivity index (χ4n) is 2.39. The number of thioether (sulfide) groups is 1. The van der Waals surface area contributed by atoms with Crippen LogP contribution in [0.4, 0.5) is 5.82 Å². The van der Waals surface area contributed by atoms with Crippen molar-refractivity contribution < 1.29 is 0 Å². The highest BCUT2D eigenvalue weighted by Gasteiger charge is 2.20. The number of anilines is 1. The van der Waals surface area contributed by atoms with Crippen LogP contribution in [0.1, 0.15) is 38.4 Å². The van der Waals surface area contributed by atoms with E-state index in [4.69, 9.17) is 0 Å². The highest BCUT2D eigenvalue weighted by atomic mass is 32.2. The number of rotatable bonds is 3. The van der Waals surface area contributed by atoms with Crippen molar-refractivity contribution in [3.63, 3.8) is 0 Å². The predicted octanol–water partition coefficient (Wildman–Crippen LogP) is 3.50. The van der Waals surface area contributed by atoms with Crippen molar-refractivity contribution in [2.75, 3.05) is 12.4 Å². The smallest absolute Gasteiger partial charge is 0.130 e. The van der Waals surface area contributed by atoms with E-state index in [0.717, 1.165) is 27.8 Å². The highest BCUT2D eigenvalue weighted by Crippen LogP contribution is 2.35. The fourth-order valence-corrected chi connectivity index (χ4v) is 3.80. The van der Waals surface area contributed by atoms with Gasteiger partial charge in [-0.2, -0.15) is 0 Å². The zero-order valence-corrected chi connectivity index (χ0v) is 11.7. The largest absolute Gasteiger partial charge is 0.373 e. The molecule has 0 radical (unpaired) electrons. The Balaban J connectivity index is 2.04. The first-order chi connectivity index (χ1) is 8.17. The molecular weight excluding hydrogens is 230 g/mol. The SMILES string of the molecule is CNc1cc(SC2CCCC(C)C2)nc(C)n1. The molecule has 1 aliphatic rings. The lowest BCUT2D eigenvalue weighted by molar-refractivity contribution is 0.394. The Labute approximate surface area is 108 Å². The van der Waals surface area contributed by atoms with E-state index >= 15 is 0 Å². The van der Waals surface area contributed by atoms with Gasteiger partial charge in [-0.1, -0.05) is 19.8 Å². The van der Waals surface area contributed by atoms with Crippen LogP contribution in [0.3, 0.4) is 0 Å². The second kappa shape index (κ2) is 5.71. The summed E-state index contributed by atoms with van der Waals surface area (Å²) in [6, 6.07) is 2.05. The number of hydrogen-bond acceptors (Lipinski definition) is 4. The molecule has 1 fully saturated rings. The van der Waals surface area contributed by atoms with Crippen molar-refractivity contribution in [3.05, 3.63) is 11.9 Å². The van der Waals surface area contributed by atoms with Crippen molar-refractivity contribution in [2.45, 2.75) is 49.8 Å². The van der Waals surface area contributed by atoms with Gasteiger partial charge in [-0.3, -0.25) is 0 Å². The Morgan fingerprint density at radius 3 is 2.88 bits per heavy atom. The molecule has 0 aromatic carbocycles. The molecule has 17 heavy (non-hydrogen) atoms. The van der Waals surface area contributed by atoms with Gasteiger partial charge < -0.3 is 5.32 Å². The minimum atomic E-state index is 0.734. The maximum absolute atomic E-state index is 4.51. The number of aromatic nitrogens is 2. The zero-order chi connectivity index (χ0) is 12.3. The van der Waals surface area contributed by atoms with Crippen LogP contribution >= 0.6 is 11.8 Å². The van der Waals surface area contributed by atoms with Gasteiger partial charge in [0.2, 0.25) is 0 Å². The molecule has 1 aromatic rings. The standard InChI is InChI=1S/C13H21N3S/c1-9-5-4-6-11(7-9)17-13-8-12(14-3)15-10(2)16-13/h8-9,11H,4-7H2,1-3H3,(H,14,15,16). The Morgan fingerprint density at radius 2 is 2.18 bits per heavy atom. The van der Waals surface area contributed by atoms with Crippen LogP contribution < -0.4 is 5.32 Å². The average molecular weight is 251 g/mol. The summed E-state index contributed by atoms with van der Waals surface area (Å²) in [7, 11) is 1.90. The molecular formula is C13H21N3S. The fraction of sp³-hybridized carbons (Fsp3) is 0.692. The summed E-state index contributed by atoms with van der Waals surface area (Å²) in [4.78, 5) is 8.84. The maximum atomic E-state index is 4.51. The first-order valence-corrected chi connectivity index (χ1v) is 7.25. The molecule has 1 aliphatic carbocycles. The molecule has 0 spiro atoms. The predicted molar refractivity (Wildman–Crippen MR) is 73.6 cm³/mol. The number of hydrogen-bond donors (Lipinski definition) is 1. The third-order valence-electron chi connectivity index (χ3n) is 3.25. The third-order valence-corrected chi connectivity index (χ3v) is 4.46. The monoisotopic (exact) mass is 251 g/mol. The first kappa shape index (κ1) is 12.7. The lowest BCUT2D eigenvalue weighted by atomic mass is 9.91. The molecule has 4 heteroatoms. The normalized spacial score (nSPS) is 24.6. The molecule has 1 heterocycles. The summed E-state index contributed by atoms with van der Waals surface area (Å²) in [5.74, 6) is 2.64. The summed E-state index contributed by atoms with van der Waals surface area (Å²) in [6.07, 6.45) is 5.40. The van der Waals surface area contributed by atoms with Crippen LogP contribution in [-0.4, -0.2) is 22.3 Å². The average Bonchev–Trinajstić information content (AvgIpc) is 2.28. The third kappa shape index (κ3) is 3.60. The van der Waals surface area contributed by atoms with E-state index in [0.29, 0.717) is 0 Å². The highest BCUT2D eigenvalue weighted by molar-refractivity contribution is 7.99. The van der Waals surface area contributed by atoms with Gasteiger partial charge in [-0.05, 0) is 25.7 Å². The van der Waals surface area contributed by atoms with Gasteiger partial charge in [0.25, 0.3) is 0 Å². The molecule has 0 saturated heterocycles. The first-order valence-electron chi connectivity index (χ1n) is 6.37. The van der Waals surface area contributed by atoms with E-state index in [1.165, 1.54) is 25.7 Å². The van der Waals surface area contributed by atoms with Gasteiger partial charge in [-0.25, -0.2) is 9.97 Å². The van der Waals surface area contributed by atoms with Crippen LogP contribution in [0, 0.1) is 12.8 Å². The summed E-state index contributed by atoms with van der Waals surface area (Å²) in [6.45, 7) is 4.31. The summed E-state index contributed by atoms with van der Waals surface area (Å²) < 4.78 is 0. The second-order valence-corrected chi connectivity index (χ2v) is 6.22. The Morgan fingerprint density at radius 1 is 1.35 bits per heavy atom. The van der Waals surface area contributed by atoms with Gasteiger partial charge in [0.15, 0.2) is 0 Å². The second-order valence-electron chi connectivity index (χ2n) is 4.90. The van der Waals surface area contributed by atoms with Crippen LogP contribution in [0.5, 0.6) is 0 Å². The molecule has 1 N–H and O–H groups in total. The number of aryl methyl sites for hydroxylation is 1. The van der Waals surface area contributed by atoms with Gasteiger partial charge in [0.05, 0.1) is 0 Å². The Hall–Kier alpha value is -0.770. The van der Waals surface area contributed by atoms with E-state index < -0.39 is 0 Å². The summed E-state index contributed by atoms with van der Waals surface area (Å²) >= 11 is 1.92. The quantitative estimate of drug-likeness (QED) is 0.834. The van der Waals surface area contributed by atoms with E-state index in [2.05, 4.69) is 28.3 Å². The van der Waals surface area contributed by atoms with Crippen molar-refractivity contribution in [1.82, 2.24) is 9.97 Å². The molecule has 0 aliphatic heterocycles. The van der Waals surface area contributed by atoms with Crippen molar-refractivity contribution in [2.24, 2.45) is 5.92 Å². The molecule has 1 saturated carbocycles. The minimum Gasteiger partial charge on any atom is -0.373 e. The molecule has 2 unspecified atom stereocenters. The van der Waals surface area contributed by atoms with Gasteiger partial charge in [-0.15, -0.1) is 11.8 Å². The summed E-state index contributed by atoms with van der Waals surface area (Å²) in [5, 5.41) is 4.94. The topological polar surface area (TPSA) is 37.8 Å². The Bertz CT molecular complexity index is 381. The van der Waals surface area contributed by atoms with E-state index in [1.807, 2.05) is 25.7 Å². The van der Waals surface area contributed by atoms with E-state index in [-0.39, 0.29) is 0 Å². The molecule has 94 valence electrons. The van der Waals surface area contributed by atoms with Crippen molar-refractivity contribution in [1.29, 1.82) is 0 Å². The zero-order valence-electron chi connectivity index (χ0n) is 10.9. The summed E-state index contributed by atoms with van der Waals surface area (Å²) in [5.41, 5.74) is 0. The van der Waals surface area contributed by atoms with Crippen molar-refractivity contribution in [3.8, 4) is 0 Å². The maximum Gasteiger partial charge on any atom is 0.130 e. The van der Waals surface area contributed by atoms with Crippen LogP contribution in [-0.2, 0) is 0 Å². The van der Waals surface area contributed by atoms with Gasteiger partial charge in [0.1, 0.15) is 16.7 Å². The van der Waals surface area contributed by atoms with Crippen LogP contribution in [0.25, 0.3) is 0 Å². The molecule has 0 amide bonds. The van der Waals surface area contributed by atoms with Gasteiger partial charge in [0, 0.05) is 18.4 Å². The van der Waals surface area contributed by atoms with Crippen LogP contribution in [0.15, 0.2) is 11.1 Å². The van der Waals surface area contributed by atoms with Crippen molar-refractivity contribution >= 4 is 17.6 Å². The lowest BCUT2D eigenvalue weighted by Gasteiger charge is -2.25. The van der Waals surface area contributed by atoms with Gasteiger partial charge >= 0.3 is 0 Å². The molecule has 2 rings (SSSR count). The van der Waals surface area contributed by atoms with E-state index in [9.17, 15) is 0 Å². The Kier molecular flexibility index (Phi) is 4.26. The molecule has 0 bridgehead atoms. The molecule has 3 nitrogen and oxygen atoms in total. The van der Waals surface area contributed by atoms with Crippen LogP contribution in [0.2, 0.25) is 0 Å². The van der Waals surface area contributed by atoms with E-state index in [1.54, 1.807) is 0 Å². The minimum absolute atomic E-state index is 0.734.